The van der Waals surface area contributed by atoms with Crippen molar-refractivity contribution in [3.63, 3.8) is 0 Å². The van der Waals surface area contributed by atoms with Crippen LogP contribution in [0.25, 0.3) is 11.0 Å². The number of rotatable bonds is 3. The van der Waals surface area contributed by atoms with Crippen molar-refractivity contribution in [2.75, 3.05) is 12.8 Å². The van der Waals surface area contributed by atoms with Crippen molar-refractivity contribution >= 4 is 28.3 Å². The molecule has 2 heterocycles. The van der Waals surface area contributed by atoms with Crippen LogP contribution in [0.15, 0.2) is 24.3 Å². The lowest BCUT2D eigenvalue weighted by atomic mass is 10.1. The number of anilines is 1. The second kappa shape index (κ2) is 5.07. The lowest BCUT2D eigenvalue weighted by Crippen LogP contribution is -2.10. The van der Waals surface area contributed by atoms with Gasteiger partial charge in [0.2, 0.25) is 5.95 Å². The predicted molar refractivity (Wildman–Crippen MR) is 88.3 cm³/mol. The number of fused-ring (bicyclic) bond motifs is 1. The number of benzene rings is 1. The molecule has 5 heteroatoms. The highest BCUT2D eigenvalue weighted by Crippen LogP contribution is 2.34. The van der Waals surface area contributed by atoms with Gasteiger partial charge in [-0.2, -0.15) is 0 Å². The molecule has 1 aromatic carbocycles. The van der Waals surface area contributed by atoms with Crippen LogP contribution in [0.5, 0.6) is 5.75 Å². The number of ether oxygens (including phenoxy) is 1. The first-order valence-electron chi connectivity index (χ1n) is 6.90. The van der Waals surface area contributed by atoms with E-state index in [9.17, 15) is 0 Å². The Bertz CT molecular complexity index is 803. The molecule has 1 atom stereocenters. The van der Waals surface area contributed by atoms with E-state index in [4.69, 9.17) is 10.5 Å². The van der Waals surface area contributed by atoms with Crippen LogP contribution in [0.4, 0.5) is 5.95 Å². The Morgan fingerprint density at radius 2 is 2.10 bits per heavy atom. The zero-order valence-corrected chi connectivity index (χ0v) is 13.5. The number of methoxy groups -OCH3 is 1. The second-order valence-electron chi connectivity index (χ2n) is 5.21. The van der Waals surface area contributed by atoms with Gasteiger partial charge in [-0.1, -0.05) is 6.07 Å². The molecule has 3 rings (SSSR count). The summed E-state index contributed by atoms with van der Waals surface area (Å²) in [5.74, 6) is 1.27. The SMILES string of the molecule is COc1cccc2c1nc(N)n2C(C)c1cc(C)sc1C. The summed E-state index contributed by atoms with van der Waals surface area (Å²) in [4.78, 5) is 7.12. The van der Waals surface area contributed by atoms with E-state index in [0.717, 1.165) is 16.8 Å². The molecule has 21 heavy (non-hydrogen) atoms. The van der Waals surface area contributed by atoms with Crippen molar-refractivity contribution in [2.45, 2.75) is 26.8 Å². The molecule has 0 saturated heterocycles. The summed E-state index contributed by atoms with van der Waals surface area (Å²) in [6, 6.07) is 8.29. The Labute approximate surface area is 128 Å². The Morgan fingerprint density at radius 3 is 2.71 bits per heavy atom. The first kappa shape index (κ1) is 13.9. The van der Waals surface area contributed by atoms with Gasteiger partial charge in [-0.3, -0.25) is 0 Å². The van der Waals surface area contributed by atoms with Crippen LogP contribution in [-0.2, 0) is 0 Å². The van der Waals surface area contributed by atoms with Gasteiger partial charge in [0.25, 0.3) is 0 Å². The Kier molecular flexibility index (Phi) is 3.37. The minimum Gasteiger partial charge on any atom is -0.494 e. The molecular formula is C16H19N3OS. The van der Waals surface area contributed by atoms with Crippen LogP contribution in [-0.4, -0.2) is 16.7 Å². The van der Waals surface area contributed by atoms with Crippen molar-refractivity contribution in [3.8, 4) is 5.75 Å². The van der Waals surface area contributed by atoms with Crippen LogP contribution >= 0.6 is 11.3 Å². The van der Waals surface area contributed by atoms with Crippen molar-refractivity contribution in [1.82, 2.24) is 9.55 Å². The molecule has 1 unspecified atom stereocenters. The number of aryl methyl sites for hydroxylation is 2. The van der Waals surface area contributed by atoms with E-state index in [-0.39, 0.29) is 6.04 Å². The molecule has 3 aromatic rings. The van der Waals surface area contributed by atoms with Crippen LogP contribution in [0, 0.1) is 13.8 Å². The van der Waals surface area contributed by atoms with Crippen molar-refractivity contribution in [3.05, 3.63) is 39.6 Å². The van der Waals surface area contributed by atoms with E-state index < -0.39 is 0 Å². The van der Waals surface area contributed by atoms with E-state index in [1.54, 1.807) is 7.11 Å². The molecule has 0 saturated carbocycles. The molecule has 2 aromatic heterocycles. The number of hydrogen-bond acceptors (Lipinski definition) is 4. The molecule has 2 N–H and O–H groups in total. The average Bonchev–Trinajstić information content (AvgIpc) is 2.96. The third-order valence-electron chi connectivity index (χ3n) is 3.85. The largest absolute Gasteiger partial charge is 0.494 e. The molecule has 0 aliphatic carbocycles. The summed E-state index contributed by atoms with van der Waals surface area (Å²) < 4.78 is 7.46. The number of aromatic nitrogens is 2. The summed E-state index contributed by atoms with van der Waals surface area (Å²) in [7, 11) is 1.65. The maximum Gasteiger partial charge on any atom is 0.201 e. The normalized spacial score (nSPS) is 12.8. The predicted octanol–water partition coefficient (Wildman–Crippen LogP) is 3.91. The molecular weight excluding hydrogens is 282 g/mol. The maximum atomic E-state index is 6.17. The third kappa shape index (κ3) is 2.17. The van der Waals surface area contributed by atoms with Gasteiger partial charge in [0, 0.05) is 9.75 Å². The fraction of sp³-hybridized carbons (Fsp3) is 0.312. The van der Waals surface area contributed by atoms with E-state index >= 15 is 0 Å². The number of nitrogen functional groups attached to an aromatic ring is 1. The van der Waals surface area contributed by atoms with E-state index in [2.05, 4.69) is 36.4 Å². The van der Waals surface area contributed by atoms with Gasteiger partial charge in [-0.05, 0) is 44.5 Å². The van der Waals surface area contributed by atoms with Crippen LogP contribution in [0.3, 0.4) is 0 Å². The molecule has 110 valence electrons. The van der Waals surface area contributed by atoms with E-state index in [1.807, 2.05) is 29.5 Å². The number of nitrogens with zero attached hydrogens (tertiary/aromatic N) is 2. The van der Waals surface area contributed by atoms with E-state index in [1.165, 1.54) is 15.3 Å². The third-order valence-corrected chi connectivity index (χ3v) is 4.83. The Morgan fingerprint density at radius 1 is 1.33 bits per heavy atom. The topological polar surface area (TPSA) is 53.1 Å². The molecule has 0 aliphatic rings. The first-order chi connectivity index (χ1) is 10.0. The van der Waals surface area contributed by atoms with Gasteiger partial charge >= 0.3 is 0 Å². The van der Waals surface area contributed by atoms with Crippen LogP contribution in [0.1, 0.15) is 28.3 Å². The summed E-state index contributed by atoms with van der Waals surface area (Å²) >= 11 is 1.81. The molecule has 0 fully saturated rings. The smallest absolute Gasteiger partial charge is 0.201 e. The number of hydrogen-bond donors (Lipinski definition) is 1. The highest BCUT2D eigenvalue weighted by molar-refractivity contribution is 7.12. The Balaban J connectivity index is 2.20. The summed E-state index contributed by atoms with van der Waals surface area (Å²) in [6.45, 7) is 6.44. The molecule has 0 aliphatic heterocycles. The standard InChI is InChI=1S/C16H19N3OS/c1-9-8-12(11(3)21-9)10(2)19-13-6-5-7-14(20-4)15(13)18-16(19)17/h5-8,10H,1-4H3,(H2,17,18). The molecule has 0 radical (unpaired) electrons. The Hall–Kier alpha value is -2.01. The van der Waals surface area contributed by atoms with E-state index in [0.29, 0.717) is 5.95 Å². The van der Waals surface area contributed by atoms with Crippen molar-refractivity contribution in [2.24, 2.45) is 0 Å². The minimum absolute atomic E-state index is 0.145. The molecule has 4 nitrogen and oxygen atoms in total. The number of imidazole rings is 1. The minimum atomic E-state index is 0.145. The van der Waals surface area contributed by atoms with Crippen LogP contribution < -0.4 is 10.5 Å². The molecule has 0 bridgehead atoms. The highest BCUT2D eigenvalue weighted by atomic mass is 32.1. The van der Waals surface area contributed by atoms with Gasteiger partial charge in [0.05, 0.1) is 18.7 Å². The van der Waals surface area contributed by atoms with Gasteiger partial charge < -0.3 is 15.0 Å². The number of nitrogens with two attached hydrogens (primary N) is 1. The van der Waals surface area contributed by atoms with Gasteiger partial charge in [-0.15, -0.1) is 11.3 Å². The number of thiophene rings is 1. The van der Waals surface area contributed by atoms with Gasteiger partial charge in [0.1, 0.15) is 11.3 Å². The highest BCUT2D eigenvalue weighted by Gasteiger charge is 2.20. The lowest BCUT2D eigenvalue weighted by Gasteiger charge is -2.16. The second-order valence-corrected chi connectivity index (χ2v) is 6.67. The molecule has 0 spiro atoms. The summed E-state index contributed by atoms with van der Waals surface area (Å²) in [6.07, 6.45) is 0. The first-order valence-corrected chi connectivity index (χ1v) is 7.72. The summed E-state index contributed by atoms with van der Waals surface area (Å²) in [5.41, 5.74) is 9.29. The quantitative estimate of drug-likeness (QED) is 0.798. The number of para-hydroxylation sites is 1. The monoisotopic (exact) mass is 301 g/mol. The fourth-order valence-electron chi connectivity index (χ4n) is 2.89. The lowest BCUT2D eigenvalue weighted by molar-refractivity contribution is 0.419. The average molecular weight is 301 g/mol. The van der Waals surface area contributed by atoms with Crippen molar-refractivity contribution < 1.29 is 4.74 Å². The van der Waals surface area contributed by atoms with Crippen molar-refractivity contribution in [1.29, 1.82) is 0 Å². The zero-order chi connectivity index (χ0) is 15.1. The maximum absolute atomic E-state index is 6.17. The van der Waals surface area contributed by atoms with Gasteiger partial charge in [0.15, 0.2) is 0 Å². The van der Waals surface area contributed by atoms with Crippen LogP contribution in [0.2, 0.25) is 0 Å². The van der Waals surface area contributed by atoms with Gasteiger partial charge in [-0.25, -0.2) is 4.98 Å². The fourth-order valence-corrected chi connectivity index (χ4v) is 3.90. The summed E-state index contributed by atoms with van der Waals surface area (Å²) in [5, 5.41) is 0. The molecule has 0 amide bonds. The zero-order valence-electron chi connectivity index (χ0n) is 12.7.